The summed E-state index contributed by atoms with van der Waals surface area (Å²) in [5, 5.41) is 0. The van der Waals surface area contributed by atoms with E-state index in [1.54, 1.807) is 0 Å². The van der Waals surface area contributed by atoms with Gasteiger partial charge in [-0.25, -0.2) is 0 Å². The predicted octanol–water partition coefficient (Wildman–Crippen LogP) is 25.0. The number of allylic oxidation sites excluding steroid dienone is 14. The van der Waals surface area contributed by atoms with E-state index >= 15 is 0 Å². The van der Waals surface area contributed by atoms with Crippen LogP contribution in [0.3, 0.4) is 0 Å². The van der Waals surface area contributed by atoms with E-state index in [2.05, 4.69) is 106 Å². The van der Waals surface area contributed by atoms with Gasteiger partial charge in [-0.3, -0.25) is 14.4 Å². The second kappa shape index (κ2) is 71.1. The average Bonchev–Trinajstić information content (AvgIpc) is 3.50. The normalized spacial score (nSPS) is 12.6. The predicted molar refractivity (Wildman–Crippen MR) is 362 cm³/mol. The average molecular weight is 1160 g/mol. The number of hydrogen-bond donors (Lipinski definition) is 0. The second-order valence-corrected chi connectivity index (χ2v) is 24.1. The van der Waals surface area contributed by atoms with Crippen molar-refractivity contribution >= 4 is 17.9 Å². The molecule has 6 nitrogen and oxygen atoms in total. The van der Waals surface area contributed by atoms with Crippen molar-refractivity contribution < 1.29 is 28.6 Å². The van der Waals surface area contributed by atoms with Crippen LogP contribution in [0.2, 0.25) is 0 Å². The van der Waals surface area contributed by atoms with Gasteiger partial charge in [-0.15, -0.1) is 0 Å². The van der Waals surface area contributed by atoms with E-state index in [-0.39, 0.29) is 37.5 Å². The van der Waals surface area contributed by atoms with Crippen molar-refractivity contribution in [1.29, 1.82) is 0 Å². The standard InChI is InChI=1S/C77H136O6/c1-4-7-10-13-16-19-22-25-28-31-34-35-36-37-38-39-40-41-42-44-46-49-52-55-58-61-64-67-70-76(79)82-73-74(72-81-75(78)69-66-63-60-57-54-51-48-45-33-30-27-24-21-18-15-12-9-6-3)83-77(80)71-68-65-62-59-56-53-50-47-43-32-29-26-23-20-17-14-11-8-5-2/h8,11,17,20-21,24,26,29-30,33,43,47,53,56,74H,4-7,9-10,12-16,18-19,22-23,25,27-28,31-32,34-42,44-46,48-52,54-55,57-73H2,1-3H3/b11-8-,20-17-,24-21-,29-26-,33-30-,47-43-,56-53-. The summed E-state index contributed by atoms with van der Waals surface area (Å²) in [6.07, 6.45) is 94.8. The molecule has 0 aliphatic heterocycles. The van der Waals surface area contributed by atoms with Crippen LogP contribution in [0.5, 0.6) is 0 Å². The summed E-state index contributed by atoms with van der Waals surface area (Å²) >= 11 is 0. The van der Waals surface area contributed by atoms with Crippen LogP contribution in [-0.4, -0.2) is 37.2 Å². The maximum Gasteiger partial charge on any atom is 0.306 e. The molecule has 0 aromatic heterocycles. The Hall–Kier alpha value is -3.41. The molecule has 480 valence electrons. The Kier molecular flexibility index (Phi) is 68.2. The molecule has 1 atom stereocenters. The van der Waals surface area contributed by atoms with Gasteiger partial charge in [0.15, 0.2) is 6.10 Å². The molecule has 0 fully saturated rings. The molecule has 0 spiro atoms. The lowest BCUT2D eigenvalue weighted by Gasteiger charge is -2.18. The van der Waals surface area contributed by atoms with E-state index in [1.807, 2.05) is 0 Å². The van der Waals surface area contributed by atoms with Crippen LogP contribution in [0.1, 0.15) is 367 Å². The van der Waals surface area contributed by atoms with Crippen molar-refractivity contribution in [3.8, 4) is 0 Å². The van der Waals surface area contributed by atoms with E-state index in [0.29, 0.717) is 12.8 Å². The molecule has 0 aliphatic carbocycles. The molecule has 0 aliphatic rings. The van der Waals surface area contributed by atoms with Gasteiger partial charge < -0.3 is 14.2 Å². The molecule has 0 heterocycles. The van der Waals surface area contributed by atoms with Crippen molar-refractivity contribution in [3.63, 3.8) is 0 Å². The maximum absolute atomic E-state index is 12.9. The van der Waals surface area contributed by atoms with Crippen molar-refractivity contribution in [2.75, 3.05) is 13.2 Å². The Labute approximate surface area is 515 Å². The first-order valence-electron chi connectivity index (χ1n) is 36.1. The Bertz CT molecular complexity index is 1570. The number of carbonyl (C=O) groups is 3. The van der Waals surface area contributed by atoms with Crippen molar-refractivity contribution in [2.45, 2.75) is 374 Å². The summed E-state index contributed by atoms with van der Waals surface area (Å²) in [5.74, 6) is -0.911. The number of esters is 3. The first-order chi connectivity index (χ1) is 41.0. The van der Waals surface area contributed by atoms with Crippen molar-refractivity contribution in [2.24, 2.45) is 0 Å². The van der Waals surface area contributed by atoms with E-state index in [1.165, 1.54) is 218 Å². The quantitative estimate of drug-likeness (QED) is 0.0261. The van der Waals surface area contributed by atoms with Crippen LogP contribution in [0, 0.1) is 0 Å². The molecule has 0 aromatic rings. The van der Waals surface area contributed by atoms with Crippen LogP contribution in [0.25, 0.3) is 0 Å². The largest absolute Gasteiger partial charge is 0.462 e. The minimum Gasteiger partial charge on any atom is -0.462 e. The molecule has 0 radical (unpaired) electrons. The van der Waals surface area contributed by atoms with Crippen LogP contribution in [0.4, 0.5) is 0 Å². The van der Waals surface area contributed by atoms with E-state index in [4.69, 9.17) is 14.2 Å². The maximum atomic E-state index is 12.9. The third-order valence-corrected chi connectivity index (χ3v) is 15.9. The molecule has 83 heavy (non-hydrogen) atoms. The van der Waals surface area contributed by atoms with Gasteiger partial charge in [0.1, 0.15) is 13.2 Å². The molecule has 6 heteroatoms. The molecule has 0 amide bonds. The van der Waals surface area contributed by atoms with Gasteiger partial charge in [-0.05, 0) is 96.3 Å². The highest BCUT2D eigenvalue weighted by Gasteiger charge is 2.19. The number of carbonyl (C=O) groups excluding carboxylic acids is 3. The highest BCUT2D eigenvalue weighted by atomic mass is 16.6. The second-order valence-electron chi connectivity index (χ2n) is 24.1. The van der Waals surface area contributed by atoms with Crippen LogP contribution in [-0.2, 0) is 28.6 Å². The molecule has 0 N–H and O–H groups in total. The Morgan fingerprint density at radius 1 is 0.253 bits per heavy atom. The summed E-state index contributed by atoms with van der Waals surface area (Å²) < 4.78 is 17.0. The highest BCUT2D eigenvalue weighted by Crippen LogP contribution is 2.18. The van der Waals surface area contributed by atoms with Crippen LogP contribution >= 0.6 is 0 Å². The number of unbranched alkanes of at least 4 members (excludes halogenated alkanes) is 41. The van der Waals surface area contributed by atoms with Gasteiger partial charge in [0.05, 0.1) is 0 Å². The monoisotopic (exact) mass is 1160 g/mol. The fourth-order valence-electron chi connectivity index (χ4n) is 10.5. The third-order valence-electron chi connectivity index (χ3n) is 15.9. The van der Waals surface area contributed by atoms with Crippen LogP contribution in [0.15, 0.2) is 85.1 Å². The van der Waals surface area contributed by atoms with Gasteiger partial charge in [0, 0.05) is 19.3 Å². The zero-order chi connectivity index (χ0) is 59.9. The highest BCUT2D eigenvalue weighted by molar-refractivity contribution is 5.71. The molecule has 0 saturated heterocycles. The van der Waals surface area contributed by atoms with E-state index < -0.39 is 6.10 Å². The fourth-order valence-corrected chi connectivity index (χ4v) is 10.5. The fraction of sp³-hybridized carbons (Fsp3) is 0.779. The number of hydrogen-bond acceptors (Lipinski definition) is 6. The van der Waals surface area contributed by atoms with Gasteiger partial charge in [-0.2, -0.15) is 0 Å². The van der Waals surface area contributed by atoms with Gasteiger partial charge >= 0.3 is 17.9 Å². The molecule has 0 bridgehead atoms. The van der Waals surface area contributed by atoms with Crippen molar-refractivity contribution in [3.05, 3.63) is 85.1 Å². The lowest BCUT2D eigenvalue weighted by molar-refractivity contribution is -0.167. The molecule has 1 unspecified atom stereocenters. The first kappa shape index (κ1) is 79.6. The molecule has 0 saturated carbocycles. The third kappa shape index (κ3) is 69.3. The van der Waals surface area contributed by atoms with Crippen LogP contribution < -0.4 is 0 Å². The minimum absolute atomic E-state index is 0.0898. The minimum atomic E-state index is -0.799. The number of ether oxygens (including phenoxy) is 3. The van der Waals surface area contributed by atoms with Gasteiger partial charge in [0.2, 0.25) is 0 Å². The zero-order valence-corrected chi connectivity index (χ0v) is 55.2. The topological polar surface area (TPSA) is 78.9 Å². The summed E-state index contributed by atoms with van der Waals surface area (Å²) in [7, 11) is 0. The van der Waals surface area contributed by atoms with Gasteiger partial charge in [0.25, 0.3) is 0 Å². The van der Waals surface area contributed by atoms with Crippen molar-refractivity contribution in [1.82, 2.24) is 0 Å². The molecular formula is C77H136O6. The lowest BCUT2D eigenvalue weighted by atomic mass is 10.0. The van der Waals surface area contributed by atoms with E-state index in [0.717, 1.165) is 109 Å². The summed E-state index contributed by atoms with van der Waals surface area (Å²) in [6.45, 7) is 6.53. The molecule has 0 aromatic carbocycles. The Morgan fingerprint density at radius 3 is 0.759 bits per heavy atom. The van der Waals surface area contributed by atoms with Gasteiger partial charge in [-0.1, -0.05) is 337 Å². The SMILES string of the molecule is CC/C=C\C/C=C\C/C=C\C/C=C\C/C=C\CCCCCC(=O)OC(COC(=O)CCCCCCCCC/C=C\C/C=C\CCCCCC)COC(=O)CCCCCCCCCCCCCCCCCCCCCCCCCCCCCC. The molecule has 0 rings (SSSR count). The molecular weight excluding hydrogens is 1020 g/mol. The zero-order valence-electron chi connectivity index (χ0n) is 55.2. The smallest absolute Gasteiger partial charge is 0.306 e. The summed E-state index contributed by atoms with van der Waals surface area (Å²) in [6, 6.07) is 0. The van der Waals surface area contributed by atoms with E-state index in [9.17, 15) is 14.4 Å². The Morgan fingerprint density at radius 2 is 0.470 bits per heavy atom. The lowest BCUT2D eigenvalue weighted by Crippen LogP contribution is -2.30. The summed E-state index contributed by atoms with van der Waals surface area (Å²) in [5.41, 5.74) is 0. The Balaban J connectivity index is 4.32. The first-order valence-corrected chi connectivity index (χ1v) is 36.1. The summed E-state index contributed by atoms with van der Waals surface area (Å²) in [4.78, 5) is 38.5. The number of rotatable bonds is 66.